The standard InChI is InChI=1S/C23H24FN3O3S/c24-18-7-5-16(6-8-18)22(28)17-9-12-27(13-10-17)11-2-14-30-23(29)26-20-3-1-4-21-19(20)15-25-31-21/h1,3-8,15,17H,2,9-14H2,(H,26,29). The van der Waals surface area contributed by atoms with Gasteiger partial charge in [-0.25, -0.2) is 9.18 Å². The number of nitrogens with zero attached hydrogens (tertiary/aromatic N) is 2. The van der Waals surface area contributed by atoms with Gasteiger partial charge in [-0.2, -0.15) is 4.37 Å². The fourth-order valence-corrected chi connectivity index (χ4v) is 4.54. The van der Waals surface area contributed by atoms with E-state index in [4.69, 9.17) is 4.74 Å². The van der Waals surface area contributed by atoms with E-state index in [-0.39, 0.29) is 17.5 Å². The molecule has 6 nitrogen and oxygen atoms in total. The summed E-state index contributed by atoms with van der Waals surface area (Å²) >= 11 is 1.38. The number of hydrogen-bond donors (Lipinski definition) is 1. The van der Waals surface area contributed by atoms with Crippen LogP contribution in [0.5, 0.6) is 0 Å². The van der Waals surface area contributed by atoms with Gasteiger partial charge in [0.05, 0.1) is 23.2 Å². The first-order chi connectivity index (χ1) is 15.1. The number of benzene rings is 2. The number of piperidine rings is 1. The number of hydrogen-bond acceptors (Lipinski definition) is 6. The molecule has 0 saturated carbocycles. The van der Waals surface area contributed by atoms with Gasteiger partial charge in [0.25, 0.3) is 0 Å². The number of carbonyl (C=O) groups excluding carboxylic acids is 2. The summed E-state index contributed by atoms with van der Waals surface area (Å²) in [6.45, 7) is 2.81. The lowest BCUT2D eigenvalue weighted by Crippen LogP contribution is -2.37. The number of rotatable bonds is 7. The predicted molar refractivity (Wildman–Crippen MR) is 119 cm³/mol. The predicted octanol–water partition coefficient (Wildman–Crippen LogP) is 4.97. The molecule has 31 heavy (non-hydrogen) atoms. The number of amides is 1. The summed E-state index contributed by atoms with van der Waals surface area (Å²) in [5.74, 6) is -0.253. The smallest absolute Gasteiger partial charge is 0.411 e. The van der Waals surface area contributed by atoms with Crippen LogP contribution < -0.4 is 5.32 Å². The maximum atomic E-state index is 13.0. The van der Waals surface area contributed by atoms with Crippen molar-refractivity contribution in [3.8, 4) is 0 Å². The number of halogens is 1. The zero-order valence-corrected chi connectivity index (χ0v) is 17.9. The molecule has 4 rings (SSSR count). The lowest BCUT2D eigenvalue weighted by atomic mass is 9.89. The maximum absolute atomic E-state index is 13.0. The number of ether oxygens (including phenoxy) is 1. The van der Waals surface area contributed by atoms with E-state index >= 15 is 0 Å². The van der Waals surface area contributed by atoms with Gasteiger partial charge < -0.3 is 9.64 Å². The molecule has 2 aromatic carbocycles. The fourth-order valence-electron chi connectivity index (χ4n) is 3.87. The van der Waals surface area contributed by atoms with Crippen LogP contribution in [-0.2, 0) is 4.74 Å². The molecule has 1 amide bonds. The monoisotopic (exact) mass is 441 g/mol. The van der Waals surface area contributed by atoms with Gasteiger partial charge >= 0.3 is 6.09 Å². The Morgan fingerprint density at radius 1 is 1.16 bits per heavy atom. The van der Waals surface area contributed by atoms with E-state index in [0.717, 1.165) is 49.0 Å². The molecule has 1 aromatic heterocycles. The number of aromatic nitrogens is 1. The van der Waals surface area contributed by atoms with Crippen molar-refractivity contribution in [2.45, 2.75) is 19.3 Å². The Hall–Kier alpha value is -2.84. The van der Waals surface area contributed by atoms with Crippen LogP contribution in [0.4, 0.5) is 14.9 Å². The lowest BCUT2D eigenvalue weighted by Gasteiger charge is -2.31. The van der Waals surface area contributed by atoms with Crippen LogP contribution in [0, 0.1) is 11.7 Å². The molecule has 0 aliphatic carbocycles. The third-order valence-corrected chi connectivity index (χ3v) is 6.34. The minimum absolute atomic E-state index is 0.0157. The van der Waals surface area contributed by atoms with Gasteiger partial charge in [0.2, 0.25) is 0 Å². The maximum Gasteiger partial charge on any atom is 0.411 e. The summed E-state index contributed by atoms with van der Waals surface area (Å²) in [5, 5.41) is 3.68. The minimum Gasteiger partial charge on any atom is -0.449 e. The van der Waals surface area contributed by atoms with E-state index in [1.165, 1.54) is 23.7 Å². The number of likely N-dealkylation sites (tertiary alicyclic amines) is 1. The van der Waals surface area contributed by atoms with Crippen LogP contribution in [0.15, 0.2) is 48.7 Å². The van der Waals surface area contributed by atoms with E-state index in [9.17, 15) is 14.0 Å². The highest BCUT2D eigenvalue weighted by atomic mass is 32.1. The topological polar surface area (TPSA) is 71.5 Å². The van der Waals surface area contributed by atoms with Crippen molar-refractivity contribution in [1.29, 1.82) is 0 Å². The molecule has 1 saturated heterocycles. The highest BCUT2D eigenvalue weighted by Crippen LogP contribution is 2.26. The first kappa shape index (κ1) is 21.4. The molecule has 2 heterocycles. The second-order valence-electron chi connectivity index (χ2n) is 7.64. The third kappa shape index (κ3) is 5.45. The molecule has 0 unspecified atom stereocenters. The van der Waals surface area contributed by atoms with Gasteiger partial charge in [0, 0.05) is 23.4 Å². The Labute approximate surface area is 184 Å². The number of fused-ring (bicyclic) bond motifs is 1. The molecule has 1 fully saturated rings. The van der Waals surface area contributed by atoms with Gasteiger partial charge in [0.15, 0.2) is 5.78 Å². The van der Waals surface area contributed by atoms with Gasteiger partial charge in [-0.3, -0.25) is 10.1 Å². The van der Waals surface area contributed by atoms with E-state index in [1.54, 1.807) is 18.3 Å². The summed E-state index contributed by atoms with van der Waals surface area (Å²) in [4.78, 5) is 26.9. The van der Waals surface area contributed by atoms with Crippen molar-refractivity contribution in [1.82, 2.24) is 9.27 Å². The molecule has 0 bridgehead atoms. The highest BCUT2D eigenvalue weighted by molar-refractivity contribution is 7.13. The normalized spacial score (nSPS) is 15.1. The summed E-state index contributed by atoms with van der Waals surface area (Å²) in [6.07, 6.45) is 3.57. The van der Waals surface area contributed by atoms with Crippen LogP contribution in [0.2, 0.25) is 0 Å². The van der Waals surface area contributed by atoms with Crippen molar-refractivity contribution < 1.29 is 18.7 Å². The van der Waals surface area contributed by atoms with Gasteiger partial charge in [-0.1, -0.05) is 6.07 Å². The summed E-state index contributed by atoms with van der Waals surface area (Å²) in [6, 6.07) is 11.4. The van der Waals surface area contributed by atoms with Crippen LogP contribution in [0.25, 0.3) is 10.1 Å². The third-order valence-electron chi connectivity index (χ3n) is 5.57. The van der Waals surface area contributed by atoms with E-state index in [2.05, 4.69) is 14.6 Å². The molecule has 162 valence electrons. The quantitative estimate of drug-likeness (QED) is 0.414. The number of Topliss-reactive ketones (excluding diaryl/α,β-unsaturated/α-hetero) is 1. The Bertz CT molecular complexity index is 1050. The Morgan fingerprint density at radius 3 is 2.71 bits per heavy atom. The molecular formula is C23H24FN3O3S. The molecule has 8 heteroatoms. The fraction of sp³-hybridized carbons (Fsp3) is 0.348. The van der Waals surface area contributed by atoms with Crippen molar-refractivity contribution in [2.75, 3.05) is 31.6 Å². The van der Waals surface area contributed by atoms with Crippen LogP contribution in [-0.4, -0.2) is 47.4 Å². The minimum atomic E-state index is -0.470. The van der Waals surface area contributed by atoms with Crippen molar-refractivity contribution in [3.05, 3.63) is 60.0 Å². The number of anilines is 1. The van der Waals surface area contributed by atoms with Crippen molar-refractivity contribution in [2.24, 2.45) is 5.92 Å². The molecule has 1 N–H and O–H groups in total. The highest BCUT2D eigenvalue weighted by Gasteiger charge is 2.25. The van der Waals surface area contributed by atoms with Gasteiger partial charge in [-0.05, 0) is 80.3 Å². The Kier molecular flexibility index (Phi) is 6.89. The number of carbonyl (C=O) groups is 2. The first-order valence-electron chi connectivity index (χ1n) is 10.4. The molecule has 0 atom stereocenters. The average molecular weight is 442 g/mol. The number of nitrogens with one attached hydrogen (secondary N) is 1. The molecule has 0 spiro atoms. The SMILES string of the molecule is O=C(Nc1cccc2sncc12)OCCCN1CCC(C(=O)c2ccc(F)cc2)CC1. The largest absolute Gasteiger partial charge is 0.449 e. The van der Waals surface area contributed by atoms with Gasteiger partial charge in [-0.15, -0.1) is 0 Å². The summed E-state index contributed by atoms with van der Waals surface area (Å²) < 4.78 is 23.5. The molecular weight excluding hydrogens is 417 g/mol. The van der Waals surface area contributed by atoms with Crippen molar-refractivity contribution >= 4 is 39.2 Å². The molecule has 0 radical (unpaired) electrons. The first-order valence-corrected chi connectivity index (χ1v) is 11.2. The molecule has 3 aromatic rings. The van der Waals surface area contributed by atoms with Crippen LogP contribution in [0.1, 0.15) is 29.6 Å². The summed E-state index contributed by atoms with van der Waals surface area (Å²) in [5.41, 5.74) is 1.28. The lowest BCUT2D eigenvalue weighted by molar-refractivity contribution is 0.0830. The van der Waals surface area contributed by atoms with Crippen LogP contribution in [0.3, 0.4) is 0 Å². The van der Waals surface area contributed by atoms with E-state index in [0.29, 0.717) is 17.9 Å². The second kappa shape index (κ2) is 9.98. The van der Waals surface area contributed by atoms with E-state index < -0.39 is 6.09 Å². The average Bonchev–Trinajstić information content (AvgIpc) is 3.27. The Balaban J connectivity index is 1.15. The number of ketones is 1. The second-order valence-corrected chi connectivity index (χ2v) is 8.48. The van der Waals surface area contributed by atoms with E-state index in [1.807, 2.05) is 18.2 Å². The molecule has 1 aliphatic heterocycles. The zero-order valence-electron chi connectivity index (χ0n) is 17.1. The van der Waals surface area contributed by atoms with Crippen LogP contribution >= 0.6 is 11.5 Å². The van der Waals surface area contributed by atoms with Crippen molar-refractivity contribution in [3.63, 3.8) is 0 Å². The van der Waals surface area contributed by atoms with Gasteiger partial charge in [0.1, 0.15) is 5.82 Å². The molecule has 1 aliphatic rings. The summed E-state index contributed by atoms with van der Waals surface area (Å²) in [7, 11) is 0. The Morgan fingerprint density at radius 2 is 1.94 bits per heavy atom. The zero-order chi connectivity index (χ0) is 21.6.